The molecule has 0 aliphatic rings. The summed E-state index contributed by atoms with van der Waals surface area (Å²) in [4.78, 5) is 36.9. The minimum atomic E-state index is -0.506. The van der Waals surface area contributed by atoms with Gasteiger partial charge in [-0.05, 0) is 5.56 Å². The van der Waals surface area contributed by atoms with Gasteiger partial charge in [-0.15, -0.1) is 0 Å². The van der Waals surface area contributed by atoms with Crippen LogP contribution in [0.25, 0.3) is 0 Å². The molecule has 0 fully saturated rings. The van der Waals surface area contributed by atoms with Crippen LogP contribution in [-0.2, 0) is 27.3 Å². The quantitative estimate of drug-likeness (QED) is 0.405. The molecule has 0 saturated carbocycles. The predicted molar refractivity (Wildman–Crippen MR) is 99.8 cm³/mol. The second-order valence-corrected chi connectivity index (χ2v) is 6.25. The van der Waals surface area contributed by atoms with Gasteiger partial charge in [-0.1, -0.05) is 55.5 Å². The van der Waals surface area contributed by atoms with Crippen molar-refractivity contribution in [3.05, 3.63) is 75.8 Å². The van der Waals surface area contributed by atoms with Crippen LogP contribution in [0.3, 0.4) is 0 Å². The topological polar surface area (TPSA) is 89.8 Å². The molecule has 0 aliphatic heterocycles. The Morgan fingerprint density at radius 2 is 1.74 bits per heavy atom. The summed E-state index contributed by atoms with van der Waals surface area (Å²) in [6.07, 6.45) is -0.113. The summed E-state index contributed by atoms with van der Waals surface area (Å²) in [5.74, 6) is -1.20. The molecular weight excluding hydrogens is 348 g/mol. The molecule has 0 spiro atoms. The van der Waals surface area contributed by atoms with Crippen molar-refractivity contribution in [3.8, 4) is 0 Å². The Hall–Kier alpha value is -3.22. The molecule has 1 unspecified atom stereocenters. The molecule has 2 aromatic rings. The maximum atomic E-state index is 12.9. The summed E-state index contributed by atoms with van der Waals surface area (Å²) in [7, 11) is 1.30. The number of esters is 1. The third kappa shape index (κ3) is 5.64. The van der Waals surface area contributed by atoms with Crippen LogP contribution in [0.1, 0.15) is 18.1 Å². The van der Waals surface area contributed by atoms with Crippen LogP contribution in [0.15, 0.2) is 54.6 Å². The fourth-order valence-electron chi connectivity index (χ4n) is 2.78. The van der Waals surface area contributed by atoms with Crippen molar-refractivity contribution in [3.63, 3.8) is 0 Å². The van der Waals surface area contributed by atoms with Crippen molar-refractivity contribution in [2.45, 2.75) is 19.9 Å². The van der Waals surface area contributed by atoms with Crippen LogP contribution in [0.2, 0.25) is 0 Å². The van der Waals surface area contributed by atoms with Gasteiger partial charge >= 0.3 is 5.97 Å². The molecule has 0 bridgehead atoms. The summed E-state index contributed by atoms with van der Waals surface area (Å²) < 4.78 is 4.75. The number of rotatable bonds is 8. The number of benzene rings is 2. The zero-order valence-corrected chi connectivity index (χ0v) is 15.3. The molecule has 1 amide bonds. The predicted octanol–water partition coefficient (Wildman–Crippen LogP) is 2.98. The fourth-order valence-corrected chi connectivity index (χ4v) is 2.78. The Morgan fingerprint density at radius 3 is 2.37 bits per heavy atom. The van der Waals surface area contributed by atoms with E-state index in [-0.39, 0.29) is 24.6 Å². The molecule has 2 aromatic carbocycles. The molecule has 0 N–H and O–H groups in total. The first-order valence-corrected chi connectivity index (χ1v) is 8.54. The number of hydrogen-bond acceptors (Lipinski definition) is 5. The maximum Gasteiger partial charge on any atom is 0.310 e. The van der Waals surface area contributed by atoms with Crippen molar-refractivity contribution in [1.29, 1.82) is 0 Å². The van der Waals surface area contributed by atoms with Crippen LogP contribution in [0, 0.1) is 16.0 Å². The van der Waals surface area contributed by atoms with Crippen LogP contribution >= 0.6 is 0 Å². The zero-order valence-electron chi connectivity index (χ0n) is 15.3. The molecule has 0 heterocycles. The van der Waals surface area contributed by atoms with Gasteiger partial charge in [0.05, 0.1) is 24.4 Å². The first-order valence-electron chi connectivity index (χ1n) is 8.54. The fraction of sp³-hybridized carbons (Fsp3) is 0.300. The van der Waals surface area contributed by atoms with Crippen molar-refractivity contribution in [2.75, 3.05) is 13.7 Å². The lowest BCUT2D eigenvalue weighted by molar-refractivity contribution is -0.385. The van der Waals surface area contributed by atoms with Gasteiger partial charge in [-0.3, -0.25) is 19.7 Å². The Morgan fingerprint density at radius 1 is 1.11 bits per heavy atom. The molecule has 2 rings (SSSR count). The summed E-state index contributed by atoms with van der Waals surface area (Å²) in [6, 6.07) is 15.5. The number of para-hydroxylation sites is 1. The van der Waals surface area contributed by atoms with Crippen molar-refractivity contribution >= 4 is 17.6 Å². The monoisotopic (exact) mass is 370 g/mol. The Kier molecular flexibility index (Phi) is 7.05. The number of nitro groups is 1. The van der Waals surface area contributed by atoms with E-state index in [0.29, 0.717) is 12.1 Å². The third-order valence-electron chi connectivity index (χ3n) is 4.20. The summed E-state index contributed by atoms with van der Waals surface area (Å²) in [5, 5.41) is 11.2. The number of methoxy groups -OCH3 is 1. The largest absolute Gasteiger partial charge is 0.469 e. The molecule has 0 aromatic heterocycles. The van der Waals surface area contributed by atoms with E-state index in [4.69, 9.17) is 4.74 Å². The average molecular weight is 370 g/mol. The summed E-state index contributed by atoms with van der Waals surface area (Å²) >= 11 is 0. The highest BCUT2D eigenvalue weighted by Gasteiger charge is 2.24. The Bertz CT molecular complexity index is 807. The van der Waals surface area contributed by atoms with Gasteiger partial charge in [-0.2, -0.15) is 0 Å². The van der Waals surface area contributed by atoms with E-state index in [1.807, 2.05) is 30.3 Å². The third-order valence-corrected chi connectivity index (χ3v) is 4.20. The SMILES string of the molecule is COC(=O)C(C)CN(Cc1ccccc1)C(=O)Cc1ccccc1[N+](=O)[O-]. The minimum Gasteiger partial charge on any atom is -0.469 e. The molecule has 142 valence electrons. The Labute approximate surface area is 157 Å². The minimum absolute atomic E-state index is 0.0912. The van der Waals surface area contributed by atoms with E-state index >= 15 is 0 Å². The van der Waals surface area contributed by atoms with E-state index in [9.17, 15) is 19.7 Å². The number of carbonyl (C=O) groups excluding carboxylic acids is 2. The number of hydrogen-bond donors (Lipinski definition) is 0. The van der Waals surface area contributed by atoms with Gasteiger partial charge in [0, 0.05) is 24.7 Å². The molecule has 27 heavy (non-hydrogen) atoms. The van der Waals surface area contributed by atoms with Crippen LogP contribution < -0.4 is 0 Å². The lowest BCUT2D eigenvalue weighted by atomic mass is 10.1. The standard InChI is InChI=1S/C20H22N2O5/c1-15(20(24)27-2)13-21(14-16-8-4-3-5-9-16)19(23)12-17-10-6-7-11-18(17)22(25)26/h3-11,15H,12-14H2,1-2H3. The molecule has 0 aliphatic carbocycles. The highest BCUT2D eigenvalue weighted by Crippen LogP contribution is 2.20. The van der Waals surface area contributed by atoms with Crippen LogP contribution in [0.5, 0.6) is 0 Å². The molecule has 7 nitrogen and oxygen atoms in total. The van der Waals surface area contributed by atoms with Crippen molar-refractivity contribution in [1.82, 2.24) is 4.90 Å². The van der Waals surface area contributed by atoms with Gasteiger partial charge in [0.25, 0.3) is 5.69 Å². The normalized spacial score (nSPS) is 11.5. The summed E-state index contributed by atoms with van der Waals surface area (Å²) in [5.41, 5.74) is 1.16. The van der Waals surface area contributed by atoms with Gasteiger partial charge in [0.15, 0.2) is 0 Å². The molecular formula is C20H22N2O5. The molecule has 0 saturated heterocycles. The number of amides is 1. The second-order valence-electron chi connectivity index (χ2n) is 6.25. The lowest BCUT2D eigenvalue weighted by Gasteiger charge is -2.25. The highest BCUT2D eigenvalue weighted by molar-refractivity contribution is 5.81. The van der Waals surface area contributed by atoms with E-state index in [0.717, 1.165) is 5.56 Å². The van der Waals surface area contributed by atoms with Gasteiger partial charge in [-0.25, -0.2) is 0 Å². The van der Waals surface area contributed by atoms with E-state index < -0.39 is 16.8 Å². The van der Waals surface area contributed by atoms with E-state index in [1.54, 1.807) is 25.1 Å². The van der Waals surface area contributed by atoms with Crippen molar-refractivity contribution in [2.24, 2.45) is 5.92 Å². The average Bonchev–Trinajstić information content (AvgIpc) is 2.67. The lowest BCUT2D eigenvalue weighted by Crippen LogP contribution is -2.37. The summed E-state index contributed by atoms with van der Waals surface area (Å²) in [6.45, 7) is 2.16. The van der Waals surface area contributed by atoms with Gasteiger partial charge in [0.1, 0.15) is 0 Å². The first-order chi connectivity index (χ1) is 12.9. The van der Waals surface area contributed by atoms with E-state index in [2.05, 4.69) is 0 Å². The highest BCUT2D eigenvalue weighted by atomic mass is 16.6. The zero-order chi connectivity index (χ0) is 19.8. The van der Waals surface area contributed by atoms with Crippen LogP contribution in [-0.4, -0.2) is 35.4 Å². The first kappa shape index (κ1) is 20.1. The second kappa shape index (κ2) is 9.47. The maximum absolute atomic E-state index is 12.9. The van der Waals surface area contributed by atoms with Gasteiger partial charge in [0.2, 0.25) is 5.91 Å². The molecule has 7 heteroatoms. The molecule has 1 atom stereocenters. The molecule has 0 radical (unpaired) electrons. The number of nitro benzene ring substituents is 1. The van der Waals surface area contributed by atoms with Crippen molar-refractivity contribution < 1.29 is 19.2 Å². The van der Waals surface area contributed by atoms with Gasteiger partial charge < -0.3 is 9.64 Å². The number of carbonyl (C=O) groups is 2. The number of ether oxygens (including phenoxy) is 1. The van der Waals surface area contributed by atoms with E-state index in [1.165, 1.54) is 18.1 Å². The number of nitrogens with zero attached hydrogens (tertiary/aromatic N) is 2. The van der Waals surface area contributed by atoms with Crippen LogP contribution in [0.4, 0.5) is 5.69 Å². The Balaban J connectivity index is 2.22. The smallest absolute Gasteiger partial charge is 0.310 e.